The lowest BCUT2D eigenvalue weighted by Crippen LogP contribution is -1.99. The van der Waals surface area contributed by atoms with E-state index in [1.165, 1.54) is 28.6 Å². The lowest BCUT2D eigenvalue weighted by Gasteiger charge is -2.11. The van der Waals surface area contributed by atoms with Gasteiger partial charge in [0.05, 0.1) is 5.69 Å². The molecule has 0 aliphatic heterocycles. The van der Waals surface area contributed by atoms with Crippen LogP contribution in [0.1, 0.15) is 16.7 Å². The molecular weight excluding hydrogens is 418 g/mol. The summed E-state index contributed by atoms with van der Waals surface area (Å²) in [6, 6.07) is 16.3. The number of hydrogen-bond donors (Lipinski definition) is 1. The van der Waals surface area contributed by atoms with Crippen molar-refractivity contribution in [3.8, 4) is 11.3 Å². The summed E-state index contributed by atoms with van der Waals surface area (Å²) in [5.74, 6) is 0.499. The summed E-state index contributed by atoms with van der Waals surface area (Å²) in [6.45, 7) is 4.15. The van der Waals surface area contributed by atoms with Gasteiger partial charge in [-0.2, -0.15) is 0 Å². The Morgan fingerprint density at radius 2 is 1.76 bits per heavy atom. The minimum Gasteiger partial charge on any atom is -0.294 e. The zero-order chi connectivity index (χ0) is 17.8. The molecule has 25 heavy (non-hydrogen) atoms. The van der Waals surface area contributed by atoms with Crippen LogP contribution in [-0.2, 0) is 5.33 Å². The van der Waals surface area contributed by atoms with Gasteiger partial charge in [0.25, 0.3) is 0 Å². The maximum absolute atomic E-state index is 6.23. The first-order chi connectivity index (χ1) is 12.1. The third-order valence-electron chi connectivity index (χ3n) is 3.75. The lowest BCUT2D eigenvalue weighted by atomic mass is 10.00. The van der Waals surface area contributed by atoms with E-state index in [0.29, 0.717) is 11.1 Å². The number of benzene rings is 2. The molecule has 3 rings (SSSR count). The molecule has 3 aromatic rings. The van der Waals surface area contributed by atoms with Crippen LogP contribution >= 0.6 is 39.5 Å². The third-order valence-corrected chi connectivity index (χ3v) is 5.36. The van der Waals surface area contributed by atoms with Gasteiger partial charge >= 0.3 is 0 Å². The van der Waals surface area contributed by atoms with Crippen molar-refractivity contribution in [1.82, 2.24) is 9.97 Å². The molecule has 1 aromatic heterocycles. The Hall–Kier alpha value is -1.56. The molecule has 1 heterocycles. The Bertz CT molecular complexity index is 881. The number of hydrogen-bond acceptors (Lipinski definition) is 4. The topological polar surface area (TPSA) is 37.8 Å². The number of aryl methyl sites for hydroxylation is 2. The van der Waals surface area contributed by atoms with Gasteiger partial charge in [0.2, 0.25) is 5.95 Å². The lowest BCUT2D eigenvalue weighted by molar-refractivity contribution is 1.18. The van der Waals surface area contributed by atoms with Crippen LogP contribution in [0.3, 0.4) is 0 Å². The first kappa shape index (κ1) is 18.2. The van der Waals surface area contributed by atoms with Crippen LogP contribution in [0.2, 0.25) is 5.15 Å². The summed E-state index contributed by atoms with van der Waals surface area (Å²) >= 11 is 11.2. The Morgan fingerprint density at radius 3 is 2.48 bits per heavy atom. The largest absolute Gasteiger partial charge is 0.294 e. The predicted octanol–water partition coefficient (Wildman–Crippen LogP) is 6.43. The van der Waals surface area contributed by atoms with Gasteiger partial charge in [0.15, 0.2) is 0 Å². The first-order valence-electron chi connectivity index (χ1n) is 7.76. The second-order valence-corrected chi connectivity index (χ2v) is 7.48. The van der Waals surface area contributed by atoms with Crippen molar-refractivity contribution in [3.63, 3.8) is 0 Å². The maximum atomic E-state index is 6.23. The van der Waals surface area contributed by atoms with E-state index in [2.05, 4.69) is 68.7 Å². The van der Waals surface area contributed by atoms with Gasteiger partial charge in [-0.05, 0) is 54.6 Å². The quantitative estimate of drug-likeness (QED) is 0.285. The van der Waals surface area contributed by atoms with Crippen molar-refractivity contribution in [1.29, 1.82) is 0 Å². The molecule has 1 N–H and O–H groups in total. The molecule has 0 unspecified atom stereocenters. The Balaban J connectivity index is 1.87. The third kappa shape index (κ3) is 4.54. The van der Waals surface area contributed by atoms with E-state index in [0.717, 1.165) is 21.5 Å². The zero-order valence-electron chi connectivity index (χ0n) is 13.9. The average Bonchev–Trinajstić information content (AvgIpc) is 2.60. The van der Waals surface area contributed by atoms with Crippen molar-refractivity contribution >= 4 is 45.4 Å². The van der Waals surface area contributed by atoms with Crippen molar-refractivity contribution in [2.45, 2.75) is 24.1 Å². The van der Waals surface area contributed by atoms with Crippen LogP contribution in [-0.4, -0.2) is 9.97 Å². The second-order valence-electron chi connectivity index (χ2n) is 5.65. The fourth-order valence-electron chi connectivity index (χ4n) is 2.61. The molecule has 0 atom stereocenters. The van der Waals surface area contributed by atoms with E-state index in [1.807, 2.05) is 18.2 Å². The van der Waals surface area contributed by atoms with Gasteiger partial charge in [-0.3, -0.25) is 4.72 Å². The SMILES string of the molecule is Cc1cccc(C)c1-c1cc(Cl)nc(NSc2cccc(CBr)c2)n1. The van der Waals surface area contributed by atoms with Crippen LogP contribution in [0.5, 0.6) is 0 Å². The summed E-state index contributed by atoms with van der Waals surface area (Å²) in [4.78, 5) is 10.0. The summed E-state index contributed by atoms with van der Waals surface area (Å²) in [7, 11) is 0. The van der Waals surface area contributed by atoms with Gasteiger partial charge in [0.1, 0.15) is 5.15 Å². The molecule has 0 spiro atoms. The van der Waals surface area contributed by atoms with E-state index in [4.69, 9.17) is 11.6 Å². The maximum Gasteiger partial charge on any atom is 0.235 e. The Morgan fingerprint density at radius 1 is 1.04 bits per heavy atom. The molecule has 0 saturated carbocycles. The fraction of sp³-hybridized carbons (Fsp3) is 0.158. The van der Waals surface area contributed by atoms with Crippen LogP contribution in [0, 0.1) is 13.8 Å². The van der Waals surface area contributed by atoms with Crippen LogP contribution in [0.25, 0.3) is 11.3 Å². The van der Waals surface area contributed by atoms with Gasteiger partial charge in [-0.15, -0.1) is 0 Å². The number of anilines is 1. The normalized spacial score (nSPS) is 10.7. The summed E-state index contributed by atoms with van der Waals surface area (Å²) in [5.41, 5.74) is 5.47. The van der Waals surface area contributed by atoms with Crippen molar-refractivity contribution in [3.05, 3.63) is 70.4 Å². The average molecular weight is 435 g/mol. The van der Waals surface area contributed by atoms with Gasteiger partial charge < -0.3 is 0 Å². The molecule has 3 nitrogen and oxygen atoms in total. The molecule has 0 aliphatic rings. The number of aromatic nitrogens is 2. The van der Waals surface area contributed by atoms with E-state index in [1.54, 1.807) is 6.07 Å². The highest BCUT2D eigenvalue weighted by molar-refractivity contribution is 9.08. The number of nitrogens with one attached hydrogen (secondary N) is 1. The predicted molar refractivity (Wildman–Crippen MR) is 111 cm³/mol. The summed E-state index contributed by atoms with van der Waals surface area (Å²) in [5, 5.41) is 1.25. The number of rotatable bonds is 5. The monoisotopic (exact) mass is 433 g/mol. The van der Waals surface area contributed by atoms with Crippen molar-refractivity contribution in [2.75, 3.05) is 4.72 Å². The van der Waals surface area contributed by atoms with Crippen molar-refractivity contribution in [2.24, 2.45) is 0 Å². The van der Waals surface area contributed by atoms with Gasteiger partial charge in [0, 0.05) is 21.9 Å². The summed E-state index contributed by atoms with van der Waals surface area (Å²) in [6.07, 6.45) is 0. The van der Waals surface area contributed by atoms with E-state index < -0.39 is 0 Å². The smallest absolute Gasteiger partial charge is 0.235 e. The molecule has 0 radical (unpaired) electrons. The highest BCUT2D eigenvalue weighted by Crippen LogP contribution is 2.29. The molecular formula is C19H17BrClN3S. The molecule has 2 aromatic carbocycles. The highest BCUT2D eigenvalue weighted by Gasteiger charge is 2.10. The van der Waals surface area contributed by atoms with Gasteiger partial charge in [-0.1, -0.05) is 57.9 Å². The summed E-state index contributed by atoms with van der Waals surface area (Å²) < 4.78 is 3.20. The van der Waals surface area contributed by atoms with Crippen molar-refractivity contribution < 1.29 is 0 Å². The number of nitrogens with zero attached hydrogens (tertiary/aromatic N) is 2. The van der Waals surface area contributed by atoms with Crippen LogP contribution < -0.4 is 4.72 Å². The van der Waals surface area contributed by atoms with E-state index in [9.17, 15) is 0 Å². The Kier molecular flexibility index (Phi) is 5.99. The second kappa shape index (κ2) is 8.21. The molecule has 0 fully saturated rings. The highest BCUT2D eigenvalue weighted by atomic mass is 79.9. The van der Waals surface area contributed by atoms with Crippen LogP contribution in [0.15, 0.2) is 53.4 Å². The molecule has 0 aliphatic carbocycles. The molecule has 0 saturated heterocycles. The zero-order valence-corrected chi connectivity index (χ0v) is 17.0. The molecule has 6 heteroatoms. The van der Waals surface area contributed by atoms with E-state index in [-0.39, 0.29) is 0 Å². The number of halogens is 2. The molecule has 128 valence electrons. The minimum absolute atomic E-state index is 0.421. The molecule has 0 amide bonds. The van der Waals surface area contributed by atoms with E-state index >= 15 is 0 Å². The minimum atomic E-state index is 0.421. The number of alkyl halides is 1. The standard InChI is InChI=1S/C19H17BrClN3S/c1-12-5-3-6-13(2)18(12)16-10-17(21)23-19(22-16)24-25-15-8-4-7-14(9-15)11-20/h3-10H,11H2,1-2H3,(H,22,23,24). The van der Waals surface area contributed by atoms with Crippen LogP contribution in [0.4, 0.5) is 5.95 Å². The fourth-order valence-corrected chi connectivity index (χ4v) is 3.80. The van der Waals surface area contributed by atoms with Gasteiger partial charge in [-0.25, -0.2) is 9.97 Å². The first-order valence-corrected chi connectivity index (χ1v) is 10.1. The molecule has 0 bridgehead atoms. The Labute approximate surface area is 165 Å².